The van der Waals surface area contributed by atoms with Gasteiger partial charge in [-0.1, -0.05) is 30.3 Å². The summed E-state index contributed by atoms with van der Waals surface area (Å²) in [5, 5.41) is 0. The molecule has 0 saturated carbocycles. The van der Waals surface area contributed by atoms with E-state index < -0.39 is 11.6 Å². The van der Waals surface area contributed by atoms with Crippen LogP contribution in [0.3, 0.4) is 0 Å². The first-order valence-electron chi connectivity index (χ1n) is 6.91. The molecular formula is C17H17F2N. The smallest absolute Gasteiger partial charge is 0.129 e. The Hall–Kier alpha value is -1.74. The lowest BCUT2D eigenvalue weighted by Gasteiger charge is -2.32. The van der Waals surface area contributed by atoms with Crippen LogP contribution in [0.2, 0.25) is 0 Å². The van der Waals surface area contributed by atoms with E-state index in [-0.39, 0.29) is 6.04 Å². The van der Waals surface area contributed by atoms with Crippen LogP contribution in [-0.2, 0) is 12.8 Å². The van der Waals surface area contributed by atoms with Crippen molar-refractivity contribution in [1.29, 1.82) is 0 Å². The molecule has 0 saturated heterocycles. The molecule has 3 rings (SSSR count). The van der Waals surface area contributed by atoms with Gasteiger partial charge in [0, 0.05) is 12.1 Å². The van der Waals surface area contributed by atoms with Crippen molar-refractivity contribution < 1.29 is 8.78 Å². The largest absolute Gasteiger partial charge is 0.327 e. The van der Waals surface area contributed by atoms with E-state index in [1.165, 1.54) is 23.3 Å². The summed E-state index contributed by atoms with van der Waals surface area (Å²) in [6.07, 6.45) is 2.34. The van der Waals surface area contributed by atoms with Crippen molar-refractivity contribution >= 4 is 0 Å². The third-order valence-corrected chi connectivity index (χ3v) is 4.05. The van der Waals surface area contributed by atoms with Crippen molar-refractivity contribution in [3.63, 3.8) is 0 Å². The minimum absolute atomic E-state index is 0.103. The lowest BCUT2D eigenvalue weighted by molar-refractivity contribution is 0.476. The van der Waals surface area contributed by atoms with Gasteiger partial charge in [-0.25, -0.2) is 8.78 Å². The normalized spacial score (nSPS) is 18.2. The predicted octanol–water partition coefficient (Wildman–Crippen LogP) is 3.56. The third kappa shape index (κ3) is 2.59. The Bertz CT molecular complexity index is 624. The number of rotatable bonds is 4. The summed E-state index contributed by atoms with van der Waals surface area (Å²) in [6, 6.07) is 11.9. The predicted molar refractivity (Wildman–Crippen MR) is 75.5 cm³/mol. The molecule has 3 heteroatoms. The summed E-state index contributed by atoms with van der Waals surface area (Å²) in [5.41, 5.74) is 9.36. The number of hydrogen-bond donors (Lipinski definition) is 1. The van der Waals surface area contributed by atoms with Crippen LogP contribution in [0.1, 0.15) is 29.0 Å². The molecule has 0 aromatic heterocycles. The molecule has 2 unspecified atom stereocenters. The Morgan fingerprint density at radius 2 is 1.95 bits per heavy atom. The van der Waals surface area contributed by atoms with E-state index >= 15 is 0 Å². The molecule has 0 amide bonds. The fourth-order valence-electron chi connectivity index (χ4n) is 2.99. The summed E-state index contributed by atoms with van der Waals surface area (Å²) in [4.78, 5) is 0. The van der Waals surface area contributed by atoms with Gasteiger partial charge in [-0.3, -0.25) is 0 Å². The van der Waals surface area contributed by atoms with Crippen molar-refractivity contribution in [2.75, 3.05) is 0 Å². The summed E-state index contributed by atoms with van der Waals surface area (Å²) in [7, 11) is 0. The highest BCUT2D eigenvalue weighted by Crippen LogP contribution is 2.38. The minimum atomic E-state index is -0.548. The zero-order valence-corrected chi connectivity index (χ0v) is 11.2. The van der Waals surface area contributed by atoms with E-state index in [0.29, 0.717) is 17.9 Å². The van der Waals surface area contributed by atoms with E-state index in [1.807, 2.05) is 12.1 Å². The molecule has 2 atom stereocenters. The summed E-state index contributed by atoms with van der Waals surface area (Å²) < 4.78 is 26.4. The Morgan fingerprint density at radius 3 is 2.70 bits per heavy atom. The molecule has 0 bridgehead atoms. The standard InChI is InChI=1S/C17H17F2N/c18-14-6-5-12(17(19)10-14)8-15(20)9-13-7-11-3-1-2-4-16(11)13/h1-6,10,13,15H,7-9,20H2. The summed E-state index contributed by atoms with van der Waals surface area (Å²) in [5.74, 6) is -0.577. The van der Waals surface area contributed by atoms with Crippen molar-refractivity contribution in [1.82, 2.24) is 0 Å². The molecule has 2 aromatic carbocycles. The molecule has 2 aromatic rings. The van der Waals surface area contributed by atoms with E-state index in [9.17, 15) is 8.78 Å². The maximum absolute atomic E-state index is 13.6. The topological polar surface area (TPSA) is 26.0 Å². The van der Waals surface area contributed by atoms with Gasteiger partial charge >= 0.3 is 0 Å². The van der Waals surface area contributed by atoms with Gasteiger partial charge in [-0.2, -0.15) is 0 Å². The highest BCUT2D eigenvalue weighted by molar-refractivity contribution is 5.40. The molecule has 0 fully saturated rings. The van der Waals surface area contributed by atoms with Crippen molar-refractivity contribution in [3.8, 4) is 0 Å². The van der Waals surface area contributed by atoms with Crippen LogP contribution in [0.25, 0.3) is 0 Å². The summed E-state index contributed by atoms with van der Waals surface area (Å²) >= 11 is 0. The molecule has 0 radical (unpaired) electrons. The lowest BCUT2D eigenvalue weighted by Crippen LogP contribution is -2.30. The van der Waals surface area contributed by atoms with Gasteiger partial charge in [0.15, 0.2) is 0 Å². The first-order valence-corrected chi connectivity index (χ1v) is 6.91. The average Bonchev–Trinajstić information content (AvgIpc) is 2.39. The van der Waals surface area contributed by atoms with E-state index in [4.69, 9.17) is 5.73 Å². The van der Waals surface area contributed by atoms with Crippen molar-refractivity contribution in [2.45, 2.75) is 31.2 Å². The monoisotopic (exact) mass is 273 g/mol. The first kappa shape index (κ1) is 13.3. The number of halogens is 2. The van der Waals surface area contributed by atoms with Crippen molar-refractivity contribution in [3.05, 3.63) is 70.8 Å². The fourth-order valence-corrected chi connectivity index (χ4v) is 2.99. The molecule has 2 N–H and O–H groups in total. The van der Waals surface area contributed by atoms with Crippen molar-refractivity contribution in [2.24, 2.45) is 5.73 Å². The van der Waals surface area contributed by atoms with E-state index in [0.717, 1.165) is 18.9 Å². The Balaban J connectivity index is 1.62. The number of benzene rings is 2. The molecule has 1 nitrogen and oxygen atoms in total. The Kier molecular flexibility index (Phi) is 3.53. The summed E-state index contributed by atoms with van der Waals surface area (Å²) in [6.45, 7) is 0. The highest BCUT2D eigenvalue weighted by Gasteiger charge is 2.27. The maximum atomic E-state index is 13.6. The molecular weight excluding hydrogens is 256 g/mol. The minimum Gasteiger partial charge on any atom is -0.327 e. The number of fused-ring (bicyclic) bond motifs is 1. The average molecular weight is 273 g/mol. The maximum Gasteiger partial charge on any atom is 0.129 e. The SMILES string of the molecule is NC(Cc1ccc(F)cc1F)CC1Cc2ccccc21. The molecule has 20 heavy (non-hydrogen) atoms. The number of hydrogen-bond acceptors (Lipinski definition) is 1. The van der Waals surface area contributed by atoms with E-state index in [2.05, 4.69) is 12.1 Å². The van der Waals surface area contributed by atoms with Gasteiger partial charge < -0.3 is 5.73 Å². The van der Waals surface area contributed by atoms with Gasteiger partial charge in [-0.05, 0) is 47.9 Å². The van der Waals surface area contributed by atoms with Crippen LogP contribution >= 0.6 is 0 Å². The number of nitrogens with two attached hydrogens (primary N) is 1. The molecule has 0 aliphatic heterocycles. The van der Waals surface area contributed by atoms with Gasteiger partial charge in [0.05, 0.1) is 0 Å². The zero-order chi connectivity index (χ0) is 14.1. The highest BCUT2D eigenvalue weighted by atomic mass is 19.1. The molecule has 0 spiro atoms. The van der Waals surface area contributed by atoms with Crippen LogP contribution in [0.5, 0.6) is 0 Å². The van der Waals surface area contributed by atoms with Crippen LogP contribution < -0.4 is 5.73 Å². The Labute approximate surface area is 117 Å². The zero-order valence-electron chi connectivity index (χ0n) is 11.2. The van der Waals surface area contributed by atoms with Crippen LogP contribution in [0, 0.1) is 11.6 Å². The molecule has 0 heterocycles. The van der Waals surface area contributed by atoms with Gasteiger partial charge in [0.25, 0.3) is 0 Å². The quantitative estimate of drug-likeness (QED) is 0.905. The van der Waals surface area contributed by atoms with Gasteiger partial charge in [-0.15, -0.1) is 0 Å². The Morgan fingerprint density at radius 1 is 1.15 bits per heavy atom. The molecule has 104 valence electrons. The second kappa shape index (κ2) is 5.33. The first-order chi connectivity index (χ1) is 9.63. The van der Waals surface area contributed by atoms with Gasteiger partial charge in [0.1, 0.15) is 11.6 Å². The second-order valence-electron chi connectivity index (χ2n) is 5.54. The lowest BCUT2D eigenvalue weighted by atomic mass is 9.74. The van der Waals surface area contributed by atoms with Crippen LogP contribution in [0.4, 0.5) is 8.78 Å². The molecule has 1 aliphatic rings. The van der Waals surface area contributed by atoms with Crippen LogP contribution in [0.15, 0.2) is 42.5 Å². The van der Waals surface area contributed by atoms with Gasteiger partial charge in [0.2, 0.25) is 0 Å². The van der Waals surface area contributed by atoms with E-state index in [1.54, 1.807) is 0 Å². The fraction of sp³-hybridized carbons (Fsp3) is 0.294. The third-order valence-electron chi connectivity index (χ3n) is 4.05. The second-order valence-corrected chi connectivity index (χ2v) is 5.54. The van der Waals surface area contributed by atoms with Crippen LogP contribution in [-0.4, -0.2) is 6.04 Å². The molecule has 1 aliphatic carbocycles.